The maximum absolute atomic E-state index is 5.50. The number of piperidine rings is 1. The first kappa shape index (κ1) is 11.6. The van der Waals surface area contributed by atoms with Gasteiger partial charge in [0.25, 0.3) is 0 Å². The quantitative estimate of drug-likeness (QED) is 0.682. The first-order valence-electron chi connectivity index (χ1n) is 5.54. The number of hydrogen-bond acceptors (Lipinski definition) is 2. The average molecular weight is 194 g/mol. The number of nitrogens with one attached hydrogen (secondary N) is 1. The highest BCUT2D eigenvalue weighted by Gasteiger charge is 2.20. The standard InChI is InChI=1S/C12H22N2/c1-5-12(10(2)3)13-11-6-8-14(4)9-7-11/h1,10-13H,6-9H2,2-4H3. The zero-order valence-electron chi connectivity index (χ0n) is 9.59. The first-order chi connectivity index (χ1) is 6.63. The van der Waals surface area contributed by atoms with Gasteiger partial charge in [0.15, 0.2) is 0 Å². The van der Waals surface area contributed by atoms with Crippen LogP contribution in [0.15, 0.2) is 0 Å². The minimum Gasteiger partial charge on any atom is -0.306 e. The molecule has 0 aromatic heterocycles. The highest BCUT2D eigenvalue weighted by atomic mass is 15.1. The molecule has 1 heterocycles. The maximum Gasteiger partial charge on any atom is 0.0712 e. The van der Waals surface area contributed by atoms with Gasteiger partial charge in [-0.1, -0.05) is 19.8 Å². The molecule has 14 heavy (non-hydrogen) atoms. The fraction of sp³-hybridized carbons (Fsp3) is 0.833. The zero-order chi connectivity index (χ0) is 10.6. The van der Waals surface area contributed by atoms with Crippen molar-refractivity contribution in [1.82, 2.24) is 10.2 Å². The predicted molar refractivity (Wildman–Crippen MR) is 61.1 cm³/mol. The van der Waals surface area contributed by atoms with E-state index in [0.717, 1.165) is 0 Å². The van der Waals surface area contributed by atoms with Crippen molar-refractivity contribution < 1.29 is 0 Å². The molecule has 1 rings (SSSR count). The monoisotopic (exact) mass is 194 g/mol. The Kier molecular flexibility index (Phi) is 4.44. The van der Waals surface area contributed by atoms with Crippen LogP contribution in [0, 0.1) is 18.3 Å². The van der Waals surface area contributed by atoms with Crippen molar-refractivity contribution in [3.05, 3.63) is 0 Å². The second kappa shape index (κ2) is 5.38. The summed E-state index contributed by atoms with van der Waals surface area (Å²) in [5, 5.41) is 3.56. The number of nitrogens with zero attached hydrogens (tertiary/aromatic N) is 1. The van der Waals surface area contributed by atoms with E-state index in [0.29, 0.717) is 12.0 Å². The van der Waals surface area contributed by atoms with Crippen molar-refractivity contribution in [1.29, 1.82) is 0 Å². The fourth-order valence-electron chi connectivity index (χ4n) is 1.86. The molecule has 0 saturated carbocycles. The van der Waals surface area contributed by atoms with Gasteiger partial charge in [-0.25, -0.2) is 0 Å². The number of rotatable bonds is 3. The Balaban J connectivity index is 2.33. The lowest BCUT2D eigenvalue weighted by molar-refractivity contribution is 0.224. The van der Waals surface area contributed by atoms with E-state index < -0.39 is 0 Å². The Labute approximate surface area is 88.1 Å². The summed E-state index contributed by atoms with van der Waals surface area (Å²) >= 11 is 0. The average Bonchev–Trinajstić information content (AvgIpc) is 2.16. The van der Waals surface area contributed by atoms with E-state index >= 15 is 0 Å². The van der Waals surface area contributed by atoms with Gasteiger partial charge >= 0.3 is 0 Å². The molecule has 0 aromatic carbocycles. The predicted octanol–water partition coefficient (Wildman–Crippen LogP) is 1.33. The van der Waals surface area contributed by atoms with Crippen molar-refractivity contribution in [2.45, 2.75) is 38.8 Å². The Morgan fingerprint density at radius 3 is 2.36 bits per heavy atom. The molecule has 0 aromatic rings. The summed E-state index contributed by atoms with van der Waals surface area (Å²) in [7, 11) is 2.18. The van der Waals surface area contributed by atoms with Gasteiger partial charge in [-0.2, -0.15) is 0 Å². The molecule has 1 unspecified atom stereocenters. The van der Waals surface area contributed by atoms with Crippen LogP contribution in [0.5, 0.6) is 0 Å². The van der Waals surface area contributed by atoms with Gasteiger partial charge in [-0.05, 0) is 38.9 Å². The number of hydrogen-bond donors (Lipinski definition) is 1. The molecule has 0 amide bonds. The van der Waals surface area contributed by atoms with Crippen LogP contribution >= 0.6 is 0 Å². The van der Waals surface area contributed by atoms with E-state index in [1.165, 1.54) is 25.9 Å². The van der Waals surface area contributed by atoms with E-state index in [2.05, 4.69) is 37.0 Å². The van der Waals surface area contributed by atoms with Gasteiger partial charge in [0.2, 0.25) is 0 Å². The molecular formula is C12H22N2. The van der Waals surface area contributed by atoms with Crippen molar-refractivity contribution in [2.75, 3.05) is 20.1 Å². The first-order valence-corrected chi connectivity index (χ1v) is 5.54. The van der Waals surface area contributed by atoms with E-state index in [9.17, 15) is 0 Å². The second-order valence-electron chi connectivity index (χ2n) is 4.63. The third kappa shape index (κ3) is 3.32. The van der Waals surface area contributed by atoms with Crippen LogP contribution in [-0.2, 0) is 0 Å². The van der Waals surface area contributed by atoms with Gasteiger partial charge in [0, 0.05) is 6.04 Å². The lowest BCUT2D eigenvalue weighted by Crippen LogP contribution is -2.46. The van der Waals surface area contributed by atoms with Crippen molar-refractivity contribution in [2.24, 2.45) is 5.92 Å². The molecular weight excluding hydrogens is 172 g/mol. The number of likely N-dealkylation sites (tertiary alicyclic amines) is 1. The number of terminal acetylenes is 1. The maximum atomic E-state index is 5.50. The normalized spacial score (nSPS) is 22.2. The van der Waals surface area contributed by atoms with Crippen molar-refractivity contribution in [3.63, 3.8) is 0 Å². The highest BCUT2D eigenvalue weighted by molar-refractivity contribution is 5.01. The van der Waals surface area contributed by atoms with Gasteiger partial charge < -0.3 is 10.2 Å². The third-order valence-corrected chi connectivity index (χ3v) is 2.98. The molecule has 2 heteroatoms. The Morgan fingerprint density at radius 1 is 1.36 bits per heavy atom. The molecule has 1 aliphatic heterocycles. The molecule has 1 saturated heterocycles. The molecule has 0 bridgehead atoms. The van der Waals surface area contributed by atoms with Crippen LogP contribution in [0.4, 0.5) is 0 Å². The molecule has 0 spiro atoms. The topological polar surface area (TPSA) is 15.3 Å². The Hall–Kier alpha value is -0.520. The largest absolute Gasteiger partial charge is 0.306 e. The van der Waals surface area contributed by atoms with Crippen LogP contribution in [-0.4, -0.2) is 37.1 Å². The van der Waals surface area contributed by atoms with E-state index in [1.807, 2.05) is 0 Å². The van der Waals surface area contributed by atoms with Crippen LogP contribution in [0.25, 0.3) is 0 Å². The summed E-state index contributed by atoms with van der Waals surface area (Å²) in [5.74, 6) is 3.36. The van der Waals surface area contributed by atoms with Crippen molar-refractivity contribution >= 4 is 0 Å². The molecule has 1 aliphatic rings. The minimum absolute atomic E-state index is 0.239. The van der Waals surface area contributed by atoms with Crippen LogP contribution in [0.3, 0.4) is 0 Å². The Bertz CT molecular complexity index is 197. The SMILES string of the molecule is C#CC(NC1CCN(C)CC1)C(C)C. The lowest BCUT2D eigenvalue weighted by Gasteiger charge is -2.32. The van der Waals surface area contributed by atoms with Crippen molar-refractivity contribution in [3.8, 4) is 12.3 Å². The van der Waals surface area contributed by atoms with Gasteiger partial charge in [0.05, 0.1) is 6.04 Å². The third-order valence-electron chi connectivity index (χ3n) is 2.98. The second-order valence-corrected chi connectivity index (χ2v) is 4.63. The lowest BCUT2D eigenvalue weighted by atomic mass is 10.00. The Morgan fingerprint density at radius 2 is 1.93 bits per heavy atom. The van der Waals surface area contributed by atoms with Gasteiger partial charge in [-0.3, -0.25) is 0 Å². The minimum atomic E-state index is 0.239. The molecule has 1 N–H and O–H groups in total. The summed E-state index contributed by atoms with van der Waals surface area (Å²) in [6.45, 7) is 6.72. The van der Waals surface area contributed by atoms with Gasteiger partial charge in [0.1, 0.15) is 0 Å². The highest BCUT2D eigenvalue weighted by Crippen LogP contribution is 2.11. The molecule has 0 aliphatic carbocycles. The van der Waals surface area contributed by atoms with E-state index in [1.54, 1.807) is 0 Å². The van der Waals surface area contributed by atoms with E-state index in [-0.39, 0.29) is 6.04 Å². The molecule has 2 nitrogen and oxygen atoms in total. The van der Waals surface area contributed by atoms with E-state index in [4.69, 9.17) is 6.42 Å². The zero-order valence-corrected chi connectivity index (χ0v) is 9.59. The van der Waals surface area contributed by atoms with Crippen LogP contribution < -0.4 is 5.32 Å². The summed E-state index contributed by atoms with van der Waals surface area (Å²) in [5.41, 5.74) is 0. The fourth-order valence-corrected chi connectivity index (χ4v) is 1.86. The molecule has 1 fully saturated rings. The molecule has 0 radical (unpaired) electrons. The summed E-state index contributed by atoms with van der Waals surface area (Å²) in [4.78, 5) is 2.37. The summed E-state index contributed by atoms with van der Waals surface area (Å²) in [6.07, 6.45) is 7.94. The molecule has 80 valence electrons. The van der Waals surface area contributed by atoms with Crippen LogP contribution in [0.1, 0.15) is 26.7 Å². The smallest absolute Gasteiger partial charge is 0.0712 e. The summed E-state index contributed by atoms with van der Waals surface area (Å²) < 4.78 is 0. The van der Waals surface area contributed by atoms with Crippen LogP contribution in [0.2, 0.25) is 0 Å². The summed E-state index contributed by atoms with van der Waals surface area (Å²) in [6, 6.07) is 0.859. The van der Waals surface area contributed by atoms with Gasteiger partial charge in [-0.15, -0.1) is 6.42 Å². The molecule has 1 atom stereocenters.